The zero-order chi connectivity index (χ0) is 16.0. The Balaban J connectivity index is 2.58. The molecule has 2 amide bonds. The highest BCUT2D eigenvalue weighted by Gasteiger charge is 2.34. The number of carbonyl (C=O) groups is 2. The molecule has 1 aliphatic carbocycles. The van der Waals surface area contributed by atoms with Crippen LogP contribution in [0.25, 0.3) is 0 Å². The maximum Gasteiger partial charge on any atom is 0.242 e. The third-order valence-electron chi connectivity index (χ3n) is 4.92. The van der Waals surface area contributed by atoms with Crippen molar-refractivity contribution in [2.24, 2.45) is 5.73 Å². The van der Waals surface area contributed by atoms with E-state index in [9.17, 15) is 9.59 Å². The molecule has 1 aliphatic rings. The Bertz CT molecular complexity index is 361. The lowest BCUT2D eigenvalue weighted by Crippen LogP contribution is -2.55. The first-order valence-corrected chi connectivity index (χ1v) is 8.15. The maximum absolute atomic E-state index is 12.4. The fourth-order valence-electron chi connectivity index (χ4n) is 2.99. The summed E-state index contributed by atoms with van der Waals surface area (Å²) in [4.78, 5) is 28.0. The lowest BCUT2D eigenvalue weighted by Gasteiger charge is -2.34. The number of amides is 2. The quantitative estimate of drug-likeness (QED) is 0.812. The molecule has 0 bridgehead atoms. The summed E-state index contributed by atoms with van der Waals surface area (Å²) in [7, 11) is 3.52. The van der Waals surface area contributed by atoms with Gasteiger partial charge in [0, 0.05) is 20.1 Å². The summed E-state index contributed by atoms with van der Waals surface area (Å²) in [5.74, 6) is -0.134. The fraction of sp³-hybridized carbons (Fsp3) is 0.875. The third-order valence-corrected chi connectivity index (χ3v) is 4.92. The van der Waals surface area contributed by atoms with E-state index in [0.29, 0.717) is 18.9 Å². The first kappa shape index (κ1) is 18.0. The summed E-state index contributed by atoms with van der Waals surface area (Å²) in [6.07, 6.45) is 6.96. The molecule has 0 radical (unpaired) electrons. The Morgan fingerprint density at radius 1 is 1.10 bits per heavy atom. The highest BCUT2D eigenvalue weighted by atomic mass is 16.2. The average molecular weight is 297 g/mol. The van der Waals surface area contributed by atoms with Crippen LogP contribution in [-0.4, -0.2) is 53.8 Å². The van der Waals surface area contributed by atoms with Crippen molar-refractivity contribution in [2.75, 3.05) is 20.6 Å². The van der Waals surface area contributed by atoms with E-state index in [0.717, 1.165) is 12.8 Å². The zero-order valence-electron chi connectivity index (χ0n) is 14.0. The van der Waals surface area contributed by atoms with Crippen molar-refractivity contribution in [3.8, 4) is 0 Å². The van der Waals surface area contributed by atoms with Crippen LogP contribution in [0.5, 0.6) is 0 Å². The molecule has 0 aromatic rings. The molecule has 0 spiro atoms. The number of nitrogens with two attached hydrogens (primary N) is 1. The van der Waals surface area contributed by atoms with Gasteiger partial charge < -0.3 is 15.5 Å². The highest BCUT2D eigenvalue weighted by molar-refractivity contribution is 5.90. The van der Waals surface area contributed by atoms with Crippen molar-refractivity contribution in [1.82, 2.24) is 9.80 Å². The van der Waals surface area contributed by atoms with Gasteiger partial charge in [0.1, 0.15) is 0 Å². The smallest absolute Gasteiger partial charge is 0.242 e. The Hall–Kier alpha value is -1.10. The number of hydrogen-bond donors (Lipinski definition) is 1. The normalized spacial score (nSPS) is 16.6. The third kappa shape index (κ3) is 4.43. The van der Waals surface area contributed by atoms with Crippen molar-refractivity contribution in [1.29, 1.82) is 0 Å². The van der Waals surface area contributed by atoms with Gasteiger partial charge in [-0.25, -0.2) is 0 Å². The van der Waals surface area contributed by atoms with Gasteiger partial charge in [-0.3, -0.25) is 9.59 Å². The minimum absolute atomic E-state index is 0.00676. The summed E-state index contributed by atoms with van der Waals surface area (Å²) < 4.78 is 0. The minimum Gasteiger partial charge on any atom is -0.341 e. The SMILES string of the molecule is CCC(N)(CC)C(=O)N(C)CC(=O)N(C)C1CCCCC1. The van der Waals surface area contributed by atoms with Crippen LogP contribution in [0.4, 0.5) is 0 Å². The van der Waals surface area contributed by atoms with Crippen molar-refractivity contribution in [2.45, 2.75) is 70.4 Å². The summed E-state index contributed by atoms with van der Waals surface area (Å²) in [5.41, 5.74) is 5.27. The predicted molar refractivity (Wildman–Crippen MR) is 84.8 cm³/mol. The van der Waals surface area contributed by atoms with Gasteiger partial charge in [0.15, 0.2) is 0 Å². The lowest BCUT2D eigenvalue weighted by molar-refractivity contribution is -0.143. The van der Waals surface area contributed by atoms with Gasteiger partial charge in [0.05, 0.1) is 12.1 Å². The van der Waals surface area contributed by atoms with Gasteiger partial charge in [0.25, 0.3) is 0 Å². The van der Waals surface area contributed by atoms with Gasteiger partial charge in [-0.1, -0.05) is 33.1 Å². The van der Waals surface area contributed by atoms with Crippen LogP contribution in [-0.2, 0) is 9.59 Å². The van der Waals surface area contributed by atoms with E-state index in [1.807, 2.05) is 25.8 Å². The van der Waals surface area contributed by atoms with Crippen LogP contribution in [0, 0.1) is 0 Å². The van der Waals surface area contributed by atoms with Crippen LogP contribution in [0.3, 0.4) is 0 Å². The summed E-state index contributed by atoms with van der Waals surface area (Å²) in [6, 6.07) is 0.328. The standard InChI is InChI=1S/C16H31N3O2/c1-5-16(17,6-2)15(21)18(3)12-14(20)19(4)13-10-8-7-9-11-13/h13H,5-12,17H2,1-4H3. The van der Waals surface area contributed by atoms with Crippen LogP contribution in [0.1, 0.15) is 58.8 Å². The van der Waals surface area contributed by atoms with Crippen molar-refractivity contribution in [3.63, 3.8) is 0 Å². The fourth-order valence-corrected chi connectivity index (χ4v) is 2.99. The molecule has 0 aromatic heterocycles. The first-order chi connectivity index (χ1) is 9.85. The molecule has 1 rings (SSSR count). The average Bonchev–Trinajstić information content (AvgIpc) is 2.53. The molecule has 0 aliphatic heterocycles. The number of carbonyl (C=O) groups excluding carboxylic acids is 2. The Morgan fingerprint density at radius 2 is 1.62 bits per heavy atom. The summed E-state index contributed by atoms with van der Waals surface area (Å²) in [6.45, 7) is 3.93. The van der Waals surface area contributed by atoms with Gasteiger partial charge in [-0.15, -0.1) is 0 Å². The first-order valence-electron chi connectivity index (χ1n) is 8.15. The van der Waals surface area contributed by atoms with Gasteiger partial charge in [0.2, 0.25) is 11.8 Å². The van der Waals surface area contributed by atoms with E-state index in [2.05, 4.69) is 0 Å². The molecular formula is C16H31N3O2. The molecule has 0 unspecified atom stereocenters. The molecule has 0 saturated heterocycles. The lowest BCUT2D eigenvalue weighted by atomic mass is 9.92. The van der Waals surface area contributed by atoms with Gasteiger partial charge >= 0.3 is 0 Å². The van der Waals surface area contributed by atoms with Crippen molar-refractivity contribution >= 4 is 11.8 Å². The molecule has 0 heterocycles. The van der Waals surface area contributed by atoms with Gasteiger partial charge in [-0.2, -0.15) is 0 Å². The van der Waals surface area contributed by atoms with E-state index in [1.165, 1.54) is 24.2 Å². The molecule has 5 heteroatoms. The number of likely N-dealkylation sites (N-methyl/N-ethyl adjacent to an activating group) is 2. The van der Waals surface area contributed by atoms with Crippen molar-refractivity contribution < 1.29 is 9.59 Å². The number of nitrogens with zero attached hydrogens (tertiary/aromatic N) is 2. The van der Waals surface area contributed by atoms with E-state index < -0.39 is 5.54 Å². The van der Waals surface area contributed by atoms with Crippen molar-refractivity contribution in [3.05, 3.63) is 0 Å². The van der Waals surface area contributed by atoms with E-state index in [-0.39, 0.29) is 18.4 Å². The van der Waals surface area contributed by atoms with Crippen LogP contribution in [0.2, 0.25) is 0 Å². The van der Waals surface area contributed by atoms with E-state index in [4.69, 9.17) is 5.73 Å². The number of hydrogen-bond acceptors (Lipinski definition) is 3. The largest absolute Gasteiger partial charge is 0.341 e. The van der Waals surface area contributed by atoms with Gasteiger partial charge in [-0.05, 0) is 25.7 Å². The monoisotopic (exact) mass is 297 g/mol. The van der Waals surface area contributed by atoms with Crippen LogP contribution >= 0.6 is 0 Å². The summed E-state index contributed by atoms with van der Waals surface area (Å²) in [5, 5.41) is 0. The molecule has 21 heavy (non-hydrogen) atoms. The highest BCUT2D eigenvalue weighted by Crippen LogP contribution is 2.22. The molecule has 0 atom stereocenters. The van der Waals surface area contributed by atoms with Crippen LogP contribution < -0.4 is 5.73 Å². The molecule has 122 valence electrons. The second kappa shape index (κ2) is 7.78. The summed E-state index contributed by atoms with van der Waals surface area (Å²) >= 11 is 0. The Labute approximate surface area is 128 Å². The minimum atomic E-state index is -0.849. The molecule has 2 N–H and O–H groups in total. The number of rotatable bonds is 6. The maximum atomic E-state index is 12.4. The molecular weight excluding hydrogens is 266 g/mol. The Morgan fingerprint density at radius 3 is 2.10 bits per heavy atom. The van der Waals surface area contributed by atoms with Crippen LogP contribution in [0.15, 0.2) is 0 Å². The second-order valence-corrected chi connectivity index (χ2v) is 6.32. The topological polar surface area (TPSA) is 66.6 Å². The molecule has 1 saturated carbocycles. The Kier molecular flexibility index (Phi) is 6.65. The zero-order valence-corrected chi connectivity index (χ0v) is 14.0. The molecule has 5 nitrogen and oxygen atoms in total. The predicted octanol–water partition coefficient (Wildman–Crippen LogP) is 1.75. The molecule has 1 fully saturated rings. The second-order valence-electron chi connectivity index (χ2n) is 6.32. The van der Waals surface area contributed by atoms with E-state index >= 15 is 0 Å². The molecule has 0 aromatic carbocycles. The van der Waals surface area contributed by atoms with E-state index in [1.54, 1.807) is 7.05 Å².